The maximum absolute atomic E-state index is 14.6. The summed E-state index contributed by atoms with van der Waals surface area (Å²) in [5, 5.41) is 7.22. The molecule has 0 unspecified atom stereocenters. The van der Waals surface area contributed by atoms with Gasteiger partial charge in [-0.3, -0.25) is 4.79 Å². The van der Waals surface area contributed by atoms with Gasteiger partial charge in [0.05, 0.1) is 24.8 Å². The molecule has 0 bridgehead atoms. The number of carbonyl (C=O) groups is 1. The van der Waals surface area contributed by atoms with Crippen molar-refractivity contribution in [3.63, 3.8) is 0 Å². The van der Waals surface area contributed by atoms with Crippen molar-refractivity contribution >= 4 is 94.1 Å². The Labute approximate surface area is 276 Å². The largest absolute Gasteiger partial charge is 0.541 e. The van der Waals surface area contributed by atoms with Gasteiger partial charge in [0, 0.05) is 32.3 Å². The summed E-state index contributed by atoms with van der Waals surface area (Å²) in [4.78, 5) is 11.6. The maximum atomic E-state index is 14.6. The minimum Gasteiger partial charge on any atom is -0.541 e. The number of hydrogen-bond donors (Lipinski definition) is 0. The van der Waals surface area contributed by atoms with Gasteiger partial charge >= 0.3 is 5.92 Å². The van der Waals surface area contributed by atoms with Crippen molar-refractivity contribution in [3.05, 3.63) is 35.7 Å². The molecule has 0 fully saturated rings. The van der Waals surface area contributed by atoms with Gasteiger partial charge < -0.3 is 4.43 Å². The summed E-state index contributed by atoms with van der Waals surface area (Å²) in [7, 11) is -9.40. The van der Waals surface area contributed by atoms with Crippen LogP contribution in [0.5, 0.6) is 0 Å². The van der Waals surface area contributed by atoms with E-state index >= 15 is 0 Å². The minimum atomic E-state index is -3.67. The Kier molecular flexibility index (Phi) is 11.9. The number of allylic oxidation sites excluding steroid dienone is 1. The van der Waals surface area contributed by atoms with Crippen molar-refractivity contribution in [3.8, 4) is 6.07 Å². The lowest BCUT2D eigenvalue weighted by Crippen LogP contribution is -2.40. The number of carbonyl (C=O) groups excluding carboxylic acids is 1. The lowest BCUT2D eigenvalue weighted by molar-refractivity contribution is 0.00176. The molecule has 0 atom stereocenters. The number of thiophene rings is 2. The van der Waals surface area contributed by atoms with E-state index in [0.717, 1.165) is 44.5 Å². The number of nitrogens with zero attached hydrogens (tertiary/aromatic N) is 1. The zero-order chi connectivity index (χ0) is 33.5. The van der Waals surface area contributed by atoms with Crippen molar-refractivity contribution in [2.75, 3.05) is 12.5 Å². The van der Waals surface area contributed by atoms with Gasteiger partial charge in [0.1, 0.15) is 20.0 Å². The van der Waals surface area contributed by atoms with Crippen LogP contribution in [0.3, 0.4) is 0 Å². The number of ketones is 1. The monoisotopic (exact) mass is 825 g/mol. The number of alkyl halides is 2. The van der Waals surface area contributed by atoms with Crippen LogP contribution in [0, 0.1) is 11.3 Å². The average molecular weight is 828 g/mol. The average Bonchev–Trinajstić information content (AvgIpc) is 3.36. The Morgan fingerprint density at radius 1 is 0.930 bits per heavy atom. The highest BCUT2D eigenvalue weighted by atomic mass is 79.9. The third-order valence-corrected chi connectivity index (χ3v) is 19.0. The summed E-state index contributed by atoms with van der Waals surface area (Å²) in [5.74, 6) is -5.06. The molecule has 0 radical (unpaired) electrons. The van der Waals surface area contributed by atoms with E-state index in [9.17, 15) is 34.8 Å². The van der Waals surface area contributed by atoms with E-state index in [1.54, 1.807) is 6.07 Å². The smallest absolute Gasteiger partial charge is 0.310 e. The van der Waals surface area contributed by atoms with Crippen LogP contribution in [-0.2, 0) is 36.9 Å². The van der Waals surface area contributed by atoms with Crippen molar-refractivity contribution < 1.29 is 39.2 Å². The molecule has 2 aromatic heterocycles. The third-order valence-electron chi connectivity index (χ3n) is 7.00. The molecule has 7 nitrogen and oxygen atoms in total. The summed E-state index contributed by atoms with van der Waals surface area (Å²) in [6.45, 7) is 11.7. The van der Waals surface area contributed by atoms with E-state index in [4.69, 9.17) is 9.69 Å². The van der Waals surface area contributed by atoms with Gasteiger partial charge in [-0.25, -0.2) is 21.2 Å². The fourth-order valence-corrected chi connectivity index (χ4v) is 11.8. The normalized spacial score (nSPS) is 16.6. The molecule has 2 aromatic rings. The van der Waals surface area contributed by atoms with Crippen molar-refractivity contribution in [2.24, 2.45) is 0 Å². The number of nitriles is 1. The first kappa shape index (κ1) is 38.2. The highest BCUT2D eigenvalue weighted by molar-refractivity contribution is 9.11. The van der Waals surface area contributed by atoms with Gasteiger partial charge in [-0.2, -0.15) is 14.0 Å². The fourth-order valence-electron chi connectivity index (χ4n) is 3.84. The van der Waals surface area contributed by atoms with Gasteiger partial charge in [0.2, 0.25) is 5.78 Å². The van der Waals surface area contributed by atoms with Gasteiger partial charge in [0.15, 0.2) is 19.7 Å². The zero-order valence-corrected chi connectivity index (χ0v) is 32.2. The Morgan fingerprint density at radius 3 is 1.77 bits per heavy atom. The summed E-state index contributed by atoms with van der Waals surface area (Å²) in [6, 6.07) is 1.75. The summed E-state index contributed by atoms with van der Waals surface area (Å²) >= 11 is 8.50. The van der Waals surface area contributed by atoms with Gasteiger partial charge in [-0.05, 0) is 74.0 Å². The molecule has 0 saturated carbocycles. The summed E-state index contributed by atoms with van der Waals surface area (Å²) in [5.41, 5.74) is 1.32. The number of sulfone groups is 2. The first-order valence-electron chi connectivity index (χ1n) is 12.7. The number of rotatable bonds is 4. The number of fused-ring (bicyclic) bond motifs is 2. The number of hydrogen-bond acceptors (Lipinski definition) is 9. The van der Waals surface area contributed by atoms with Gasteiger partial charge in [-0.15, -0.1) is 22.7 Å². The molecule has 2 aliphatic carbocycles. The predicted octanol–water partition coefficient (Wildman–Crippen LogP) is 8.73. The van der Waals surface area contributed by atoms with Gasteiger partial charge in [-0.1, -0.05) is 20.8 Å². The Hall–Kier alpha value is -1.03. The SMILES string of the molecule is CC#N.CC(C)(C)[Si](C)(C)OC1=C(F)CCc2c(Br)sc(S(C)(=O)=O)c21.CS(=O)(=O)c1sc(Br)c2c1C(=O)C(F)(F)CC2. The van der Waals surface area contributed by atoms with E-state index in [1.165, 1.54) is 6.92 Å². The lowest BCUT2D eigenvalue weighted by atomic mass is 9.91. The number of Topliss-reactive ketones (excluding diaryl/α,β-unsaturated/α-hetero) is 1. The zero-order valence-electron chi connectivity index (χ0n) is 24.7. The molecular formula is C26H32Br2F3NO6S4Si. The van der Waals surface area contributed by atoms with Crippen LogP contribution < -0.4 is 0 Å². The topological polar surface area (TPSA) is 118 Å². The molecule has 17 heteroatoms. The lowest BCUT2D eigenvalue weighted by Gasteiger charge is -2.38. The first-order chi connectivity index (χ1) is 19.3. The van der Waals surface area contributed by atoms with Crippen molar-refractivity contribution in [2.45, 2.75) is 85.9 Å². The molecule has 43 heavy (non-hydrogen) atoms. The standard InChI is InChI=1S/C15H22BrFO3S2Si.C9H7BrF2O3S2.C2H3N/c1-15(2,3)23(5,6)20-12-10(17)8-7-9-11(12)14(21-13(9)16)22(4,18)19;1-17(14,15)8-5-4(7(10)16-8)2-3-9(11,12)6(5)13;1-2-3/h7-8H2,1-6H3;2-3H2,1H3;1H3. The molecule has 0 N–H and O–H groups in total. The van der Waals surface area contributed by atoms with Crippen LogP contribution in [0.2, 0.25) is 18.1 Å². The molecule has 4 rings (SSSR count). The minimum absolute atomic E-state index is 0.000671. The van der Waals surface area contributed by atoms with Crippen LogP contribution in [0.25, 0.3) is 5.76 Å². The predicted molar refractivity (Wildman–Crippen MR) is 174 cm³/mol. The molecule has 2 heterocycles. The van der Waals surface area contributed by atoms with Crippen LogP contribution >= 0.6 is 54.5 Å². The van der Waals surface area contributed by atoms with Crippen LogP contribution in [0.4, 0.5) is 13.2 Å². The van der Waals surface area contributed by atoms with E-state index in [2.05, 4.69) is 52.6 Å². The second-order valence-electron chi connectivity index (χ2n) is 11.4. The van der Waals surface area contributed by atoms with Crippen molar-refractivity contribution in [1.29, 1.82) is 5.26 Å². The highest BCUT2D eigenvalue weighted by Crippen LogP contribution is 2.49. The highest BCUT2D eigenvalue weighted by Gasteiger charge is 2.47. The molecule has 0 amide bonds. The van der Waals surface area contributed by atoms with Crippen LogP contribution in [0.15, 0.2) is 21.8 Å². The Balaban J connectivity index is 0.000000285. The van der Waals surface area contributed by atoms with E-state index in [-0.39, 0.29) is 43.4 Å². The molecule has 2 aliphatic rings. The fraction of sp³-hybridized carbons (Fsp3) is 0.538. The van der Waals surface area contributed by atoms with E-state index < -0.39 is 46.1 Å². The number of halogens is 5. The Bertz CT molecular complexity index is 1720. The summed E-state index contributed by atoms with van der Waals surface area (Å²) < 4.78 is 95.7. The maximum Gasteiger partial charge on any atom is 0.310 e. The first-order valence-corrected chi connectivity index (χ1v) is 22.6. The second kappa shape index (κ2) is 13.4. The Morgan fingerprint density at radius 2 is 1.35 bits per heavy atom. The van der Waals surface area contributed by atoms with Gasteiger partial charge in [0.25, 0.3) is 8.32 Å². The van der Waals surface area contributed by atoms with Crippen molar-refractivity contribution in [1.82, 2.24) is 0 Å². The summed E-state index contributed by atoms with van der Waals surface area (Å²) in [6.07, 6.45) is 2.22. The second-order valence-corrected chi connectivity index (χ2v) is 25.3. The quantitative estimate of drug-likeness (QED) is 0.283. The van der Waals surface area contributed by atoms with Crippen LogP contribution in [-0.4, -0.2) is 49.4 Å². The molecule has 240 valence electrons. The third kappa shape index (κ3) is 8.42. The van der Waals surface area contributed by atoms with Crippen LogP contribution in [0.1, 0.15) is 67.6 Å². The molecule has 0 aliphatic heterocycles. The molecule has 0 saturated heterocycles. The van der Waals surface area contributed by atoms with E-state index in [0.29, 0.717) is 21.3 Å². The molecule has 0 spiro atoms. The van der Waals surface area contributed by atoms with E-state index in [1.807, 2.05) is 13.1 Å². The molecule has 0 aromatic carbocycles. The molecular weight excluding hydrogens is 795 g/mol.